The second-order valence-electron chi connectivity index (χ2n) is 15.0. The molecule has 0 spiro atoms. The van der Waals surface area contributed by atoms with Gasteiger partial charge in [-0.2, -0.15) is 0 Å². The Kier molecular flexibility index (Phi) is 10.3. The van der Waals surface area contributed by atoms with Crippen molar-refractivity contribution < 1.29 is 42.2 Å². The van der Waals surface area contributed by atoms with Crippen LogP contribution in [0.15, 0.2) is 70.0 Å². The summed E-state index contributed by atoms with van der Waals surface area (Å²) in [7, 11) is 0. The van der Waals surface area contributed by atoms with Gasteiger partial charge in [-0.1, -0.05) is 18.2 Å². The highest BCUT2D eigenvalue weighted by atomic mass is 19.3. The lowest BCUT2D eigenvalue weighted by atomic mass is 9.91. The van der Waals surface area contributed by atoms with Crippen molar-refractivity contribution in [3.63, 3.8) is 0 Å². The molecule has 1 unspecified atom stereocenters. The van der Waals surface area contributed by atoms with E-state index in [1.807, 2.05) is 0 Å². The van der Waals surface area contributed by atoms with E-state index in [9.17, 15) is 37.9 Å². The highest BCUT2D eigenvalue weighted by molar-refractivity contribution is 6.07. The van der Waals surface area contributed by atoms with E-state index < -0.39 is 77.4 Å². The first-order valence-corrected chi connectivity index (χ1v) is 16.8. The molecule has 4 aromatic rings. The van der Waals surface area contributed by atoms with Crippen molar-refractivity contribution in [1.29, 1.82) is 0 Å². The number of aliphatic carboxylic acids is 1. The molecule has 52 heavy (non-hydrogen) atoms. The number of carbonyl (C=O) groups is 4. The molecule has 14 heteroatoms. The lowest BCUT2D eigenvalue weighted by molar-refractivity contribution is -0.156. The summed E-state index contributed by atoms with van der Waals surface area (Å²) in [6, 6.07) is 13.4. The number of pyridine rings is 1. The molecule has 0 aliphatic carbocycles. The van der Waals surface area contributed by atoms with Gasteiger partial charge in [0.15, 0.2) is 5.78 Å². The number of nitrogens with zero attached hydrogens (tertiary/aromatic N) is 2. The van der Waals surface area contributed by atoms with Gasteiger partial charge in [-0.15, -0.1) is 0 Å². The van der Waals surface area contributed by atoms with Crippen LogP contribution in [-0.2, 0) is 25.5 Å². The second kappa shape index (κ2) is 14.1. The molecule has 1 aliphatic heterocycles. The Morgan fingerprint density at radius 3 is 2.44 bits per heavy atom. The number of likely N-dealkylation sites (tertiary alicyclic amines) is 1. The fraction of sp³-hybridized carbons (Fsp3) is 0.421. The molecule has 2 amide bonds. The van der Waals surface area contributed by atoms with Crippen LogP contribution in [0.5, 0.6) is 0 Å². The zero-order valence-electron chi connectivity index (χ0n) is 29.8. The van der Waals surface area contributed by atoms with Crippen LogP contribution in [0.3, 0.4) is 0 Å². The van der Waals surface area contributed by atoms with E-state index in [0.29, 0.717) is 27.5 Å². The molecule has 1 saturated heterocycles. The number of ketones is 1. The zero-order valence-corrected chi connectivity index (χ0v) is 29.8. The van der Waals surface area contributed by atoms with Crippen LogP contribution < -0.4 is 16.3 Å². The van der Waals surface area contributed by atoms with E-state index in [0.717, 1.165) is 4.90 Å². The summed E-state index contributed by atoms with van der Waals surface area (Å²) in [6.07, 6.45) is 0.491. The monoisotopic (exact) mass is 720 g/mol. The van der Waals surface area contributed by atoms with E-state index >= 15 is 0 Å². The van der Waals surface area contributed by atoms with Crippen molar-refractivity contribution in [2.45, 2.75) is 89.5 Å². The quantitative estimate of drug-likeness (QED) is 0.153. The molecular formula is C38H42F2N4O8. The number of carboxylic acid groups (broad SMARTS) is 1. The molecule has 2 aromatic carbocycles. The normalized spacial score (nSPS) is 16.2. The van der Waals surface area contributed by atoms with Crippen molar-refractivity contribution in [2.75, 3.05) is 18.4 Å². The van der Waals surface area contributed by atoms with Gasteiger partial charge in [0.2, 0.25) is 5.91 Å². The molecule has 5 rings (SSSR count). The predicted octanol–water partition coefficient (Wildman–Crippen LogP) is 5.36. The van der Waals surface area contributed by atoms with Gasteiger partial charge in [0.05, 0.1) is 53.4 Å². The third-order valence-electron chi connectivity index (χ3n) is 8.81. The average Bonchev–Trinajstić information content (AvgIpc) is 3.36. The number of amides is 2. The number of carboxylic acids is 1. The molecule has 12 nitrogen and oxygen atoms in total. The number of halogens is 2. The molecule has 1 fully saturated rings. The number of benzene rings is 2. The first-order valence-electron chi connectivity index (χ1n) is 16.8. The first-order chi connectivity index (χ1) is 24.2. The minimum absolute atomic E-state index is 0.140. The third kappa shape index (κ3) is 8.79. The summed E-state index contributed by atoms with van der Waals surface area (Å²) in [5.41, 5.74) is -2.25. The van der Waals surface area contributed by atoms with Crippen LogP contribution in [0.25, 0.3) is 21.9 Å². The fourth-order valence-corrected chi connectivity index (χ4v) is 6.80. The topological polar surface area (TPSA) is 168 Å². The third-order valence-corrected chi connectivity index (χ3v) is 8.81. The van der Waals surface area contributed by atoms with Gasteiger partial charge in [-0.25, -0.2) is 13.6 Å². The van der Waals surface area contributed by atoms with Gasteiger partial charge in [0, 0.05) is 47.1 Å². The number of Topliss-reactive ketones (excluding diaryl/α,β-unsaturated/α-hetero) is 1. The van der Waals surface area contributed by atoms with Crippen molar-refractivity contribution in [3.8, 4) is 0 Å². The van der Waals surface area contributed by atoms with E-state index in [-0.39, 0.29) is 24.0 Å². The maximum atomic E-state index is 14.8. The number of carbonyl (C=O) groups excluding carboxylic acids is 3. The van der Waals surface area contributed by atoms with Gasteiger partial charge in [-0.05, 0) is 71.9 Å². The smallest absolute Gasteiger partial charge is 0.339 e. The molecule has 0 bridgehead atoms. The second-order valence-corrected chi connectivity index (χ2v) is 15.0. The van der Waals surface area contributed by atoms with Gasteiger partial charge in [-0.3, -0.25) is 24.2 Å². The van der Waals surface area contributed by atoms with E-state index in [1.54, 1.807) is 70.2 Å². The first kappa shape index (κ1) is 38.0. The highest BCUT2D eigenvalue weighted by Gasteiger charge is 2.52. The van der Waals surface area contributed by atoms with Crippen LogP contribution in [0.2, 0.25) is 0 Å². The van der Waals surface area contributed by atoms with Crippen LogP contribution in [0, 0.1) is 0 Å². The average molecular weight is 721 g/mol. The maximum Gasteiger partial charge on any atom is 0.339 e. The Labute approximate surface area is 298 Å². The molecule has 0 saturated carbocycles. The van der Waals surface area contributed by atoms with Crippen LogP contribution in [-0.4, -0.2) is 80.4 Å². The molecule has 1 aliphatic rings. The van der Waals surface area contributed by atoms with Crippen LogP contribution >= 0.6 is 0 Å². The molecule has 2 aromatic heterocycles. The zero-order chi connectivity index (χ0) is 38.2. The van der Waals surface area contributed by atoms with E-state index in [2.05, 4.69) is 15.6 Å². The van der Waals surface area contributed by atoms with Crippen molar-refractivity contribution in [2.24, 2.45) is 0 Å². The SMILES string of the molecule is CC(C)(CC(=O)O)OC(C)(C)Cc1cc2ccc(NC(C)(C)C(=O)C3CC(F)(F)CN3C(=O)CNC(=O)c3ccnc4ccccc34)cc2oc1=O. The van der Waals surface area contributed by atoms with Crippen molar-refractivity contribution in [3.05, 3.63) is 82.3 Å². The summed E-state index contributed by atoms with van der Waals surface area (Å²) in [6.45, 7) is 8.25. The number of aromatic nitrogens is 1. The molecule has 1 atom stereocenters. The molecule has 3 N–H and O–H groups in total. The van der Waals surface area contributed by atoms with Gasteiger partial charge in [0.25, 0.3) is 11.8 Å². The van der Waals surface area contributed by atoms with E-state index in [4.69, 9.17) is 9.15 Å². The molecular weight excluding hydrogens is 678 g/mol. The number of anilines is 1. The summed E-state index contributed by atoms with van der Waals surface area (Å²) >= 11 is 0. The Balaban J connectivity index is 1.28. The number of rotatable bonds is 13. The van der Waals surface area contributed by atoms with Crippen LogP contribution in [0.1, 0.15) is 70.3 Å². The van der Waals surface area contributed by atoms with Crippen LogP contribution in [0.4, 0.5) is 14.5 Å². The van der Waals surface area contributed by atoms with Crippen molar-refractivity contribution in [1.82, 2.24) is 15.2 Å². The van der Waals surface area contributed by atoms with Gasteiger partial charge in [0.1, 0.15) is 5.58 Å². The summed E-state index contributed by atoms with van der Waals surface area (Å²) in [5, 5.41) is 15.9. The lowest BCUT2D eigenvalue weighted by Gasteiger charge is -2.35. The maximum absolute atomic E-state index is 14.8. The number of hydrogen-bond donors (Lipinski definition) is 3. The largest absolute Gasteiger partial charge is 0.481 e. The summed E-state index contributed by atoms with van der Waals surface area (Å²) in [5.74, 6) is -6.43. The number of hydrogen-bond acceptors (Lipinski definition) is 9. The van der Waals surface area contributed by atoms with E-state index in [1.165, 1.54) is 32.2 Å². The molecule has 276 valence electrons. The number of fused-ring (bicyclic) bond motifs is 2. The minimum atomic E-state index is -3.33. The predicted molar refractivity (Wildman–Crippen MR) is 190 cm³/mol. The van der Waals surface area contributed by atoms with Gasteiger partial charge < -0.3 is 29.8 Å². The number of alkyl halides is 2. The number of ether oxygens (including phenoxy) is 1. The molecule has 0 radical (unpaired) electrons. The highest BCUT2D eigenvalue weighted by Crippen LogP contribution is 2.35. The fourth-order valence-electron chi connectivity index (χ4n) is 6.80. The summed E-state index contributed by atoms with van der Waals surface area (Å²) in [4.78, 5) is 69.3. The van der Waals surface area contributed by atoms with Gasteiger partial charge >= 0.3 is 11.6 Å². The molecule has 3 heterocycles. The summed E-state index contributed by atoms with van der Waals surface area (Å²) < 4.78 is 41.2. The number of para-hydroxylation sites is 1. The standard InChI is InChI=1S/C38H42F2N4O8/c1-35(2,52-36(3,4)19-31(46)47)17-23-15-22-11-12-24(16-29(22)51-34(23)50)43-37(5,6)32(48)28-18-38(39,40)21-44(28)30(45)20-42-33(49)26-13-14-41-27-10-8-7-9-25(26)27/h7-16,28,43H,17-21H2,1-6H3,(H,42,49)(H,46,47). The minimum Gasteiger partial charge on any atom is -0.481 e. The Morgan fingerprint density at radius 1 is 1.02 bits per heavy atom. The number of nitrogens with one attached hydrogen (secondary N) is 2. The Morgan fingerprint density at radius 2 is 1.73 bits per heavy atom. The van der Waals surface area contributed by atoms with Crippen molar-refractivity contribution >= 4 is 51.1 Å². The lowest BCUT2D eigenvalue weighted by Crippen LogP contribution is -2.53. The Bertz CT molecular complexity index is 2100. The Hall–Kier alpha value is -5.24.